The van der Waals surface area contributed by atoms with Gasteiger partial charge in [0.25, 0.3) is 0 Å². The van der Waals surface area contributed by atoms with Gasteiger partial charge in [0.1, 0.15) is 12.2 Å². The number of esters is 2. The minimum atomic E-state index is -0.365. The summed E-state index contributed by atoms with van der Waals surface area (Å²) in [5.74, 6) is -0.919. The van der Waals surface area contributed by atoms with Gasteiger partial charge in [-0.1, -0.05) is 47.5 Å². The van der Waals surface area contributed by atoms with Crippen molar-refractivity contribution in [3.8, 4) is 0 Å². The first-order valence-corrected chi connectivity index (χ1v) is 18.6. The lowest BCUT2D eigenvalue weighted by molar-refractivity contribution is -0.176. The van der Waals surface area contributed by atoms with Crippen LogP contribution in [0.15, 0.2) is 0 Å². The maximum Gasteiger partial charge on any atom is 0.311 e. The largest absolute Gasteiger partial charge is 0.462 e. The summed E-state index contributed by atoms with van der Waals surface area (Å²) in [6.07, 6.45) is 12.0. The second-order valence-electron chi connectivity index (χ2n) is 14.9. The lowest BCUT2D eigenvalue weighted by Crippen LogP contribution is -2.45. The van der Waals surface area contributed by atoms with E-state index in [-0.39, 0.29) is 84.4 Å². The zero-order chi connectivity index (χ0) is 32.7. The van der Waals surface area contributed by atoms with Gasteiger partial charge < -0.3 is 28.6 Å². The number of hydrogen-bond donors (Lipinski definition) is 0. The van der Waals surface area contributed by atoms with E-state index in [2.05, 4.69) is 53.6 Å². The fourth-order valence-electron chi connectivity index (χ4n) is 8.66. The van der Waals surface area contributed by atoms with E-state index in [1.165, 1.54) is 6.42 Å². The number of rotatable bonds is 11. The van der Waals surface area contributed by atoms with Crippen molar-refractivity contribution < 1.29 is 33.3 Å². The SMILES string of the molecule is CCC[C@@H]1C[C@@H]2CC[C@@H](O2)[C@@H](C)C(=O)O[C@@H]([C@H](CC)[C@H]2CC[C@@H](C[C@@H](CCC)N(C)C)O2)[C@@H](C)[C@@H]2CC[C@@H](O2)[C@@H](CC)C(=O)O1. The normalized spacial score (nSPS) is 39.5. The Balaban J connectivity index is 1.56. The average molecular weight is 636 g/mol. The Morgan fingerprint density at radius 1 is 0.778 bits per heavy atom. The number of carbonyl (C=O) groups is 2. The van der Waals surface area contributed by atoms with Crippen LogP contribution in [0.4, 0.5) is 0 Å². The smallest absolute Gasteiger partial charge is 0.311 e. The Morgan fingerprint density at radius 2 is 1.51 bits per heavy atom. The molecule has 0 aliphatic carbocycles. The zero-order valence-electron chi connectivity index (χ0n) is 29.7. The van der Waals surface area contributed by atoms with Gasteiger partial charge in [-0.3, -0.25) is 9.59 Å². The van der Waals surface area contributed by atoms with Crippen LogP contribution in [0.25, 0.3) is 0 Å². The molecule has 0 N–H and O–H groups in total. The summed E-state index contributed by atoms with van der Waals surface area (Å²) in [5, 5.41) is 0. The van der Waals surface area contributed by atoms with Gasteiger partial charge in [-0.25, -0.2) is 0 Å². The molecule has 4 fully saturated rings. The Hall–Kier alpha value is -1.22. The summed E-state index contributed by atoms with van der Waals surface area (Å²) < 4.78 is 32.7. The van der Waals surface area contributed by atoms with E-state index >= 15 is 0 Å². The van der Waals surface area contributed by atoms with Gasteiger partial charge in [-0.15, -0.1) is 0 Å². The van der Waals surface area contributed by atoms with E-state index in [1.54, 1.807) is 0 Å². The monoisotopic (exact) mass is 635 g/mol. The second kappa shape index (κ2) is 17.3. The topological polar surface area (TPSA) is 83.5 Å². The minimum Gasteiger partial charge on any atom is -0.462 e. The predicted molar refractivity (Wildman–Crippen MR) is 176 cm³/mol. The van der Waals surface area contributed by atoms with E-state index < -0.39 is 0 Å². The third-order valence-electron chi connectivity index (χ3n) is 11.5. The van der Waals surface area contributed by atoms with Crippen molar-refractivity contribution in [1.29, 1.82) is 0 Å². The highest BCUT2D eigenvalue weighted by Crippen LogP contribution is 2.41. The summed E-state index contributed by atoms with van der Waals surface area (Å²) in [6.45, 7) is 12.7. The summed E-state index contributed by atoms with van der Waals surface area (Å²) in [6, 6.07) is 0.508. The zero-order valence-corrected chi connectivity index (χ0v) is 29.7. The Kier molecular flexibility index (Phi) is 14.0. The maximum atomic E-state index is 13.9. The number of cyclic esters (lactones) is 2. The Labute approximate surface area is 274 Å². The average Bonchev–Trinajstić information content (AvgIpc) is 3.78. The molecule has 0 aromatic heterocycles. The van der Waals surface area contributed by atoms with Crippen LogP contribution in [-0.2, 0) is 33.3 Å². The molecule has 4 aliphatic heterocycles. The molecule has 4 bridgehead atoms. The van der Waals surface area contributed by atoms with E-state index in [4.69, 9.17) is 23.7 Å². The molecule has 0 radical (unpaired) electrons. The third kappa shape index (κ3) is 9.23. The minimum absolute atomic E-state index is 0.0182. The van der Waals surface area contributed by atoms with Crippen LogP contribution < -0.4 is 0 Å². The van der Waals surface area contributed by atoms with Crippen molar-refractivity contribution in [3.05, 3.63) is 0 Å². The van der Waals surface area contributed by atoms with Crippen molar-refractivity contribution in [2.75, 3.05) is 14.1 Å². The molecule has 45 heavy (non-hydrogen) atoms. The van der Waals surface area contributed by atoms with E-state index in [0.717, 1.165) is 70.6 Å². The van der Waals surface area contributed by atoms with Gasteiger partial charge in [0.05, 0.1) is 48.5 Å². The molecule has 13 atom stereocenters. The summed E-state index contributed by atoms with van der Waals surface area (Å²) in [4.78, 5) is 29.8. The molecule has 0 spiro atoms. The Bertz CT molecular complexity index is 928. The predicted octanol–water partition coefficient (Wildman–Crippen LogP) is 7.10. The molecule has 4 aliphatic rings. The van der Waals surface area contributed by atoms with Crippen LogP contribution >= 0.6 is 0 Å². The highest BCUT2D eigenvalue weighted by Gasteiger charge is 2.47. The quantitative estimate of drug-likeness (QED) is 0.222. The second-order valence-corrected chi connectivity index (χ2v) is 14.9. The molecule has 4 saturated heterocycles. The van der Waals surface area contributed by atoms with Crippen molar-refractivity contribution in [2.24, 2.45) is 23.7 Å². The van der Waals surface area contributed by atoms with E-state index in [9.17, 15) is 9.59 Å². The first kappa shape index (κ1) is 36.6. The maximum absolute atomic E-state index is 13.9. The van der Waals surface area contributed by atoms with Gasteiger partial charge in [0, 0.05) is 24.3 Å². The van der Waals surface area contributed by atoms with E-state index in [1.807, 2.05) is 6.92 Å². The summed E-state index contributed by atoms with van der Waals surface area (Å²) in [5.41, 5.74) is 0. The molecule has 0 unspecified atom stereocenters. The first-order chi connectivity index (χ1) is 21.6. The van der Waals surface area contributed by atoms with Crippen LogP contribution in [0.1, 0.15) is 131 Å². The van der Waals surface area contributed by atoms with Crippen LogP contribution in [-0.4, -0.2) is 85.8 Å². The summed E-state index contributed by atoms with van der Waals surface area (Å²) in [7, 11) is 4.33. The molecule has 0 aromatic rings. The van der Waals surface area contributed by atoms with E-state index in [0.29, 0.717) is 18.9 Å². The third-order valence-corrected chi connectivity index (χ3v) is 11.5. The highest BCUT2D eigenvalue weighted by molar-refractivity contribution is 5.73. The van der Waals surface area contributed by atoms with Crippen LogP contribution in [0.3, 0.4) is 0 Å². The van der Waals surface area contributed by atoms with Gasteiger partial charge in [0.2, 0.25) is 0 Å². The molecular weight excluding hydrogens is 570 g/mol. The van der Waals surface area contributed by atoms with Crippen LogP contribution in [0.5, 0.6) is 0 Å². The van der Waals surface area contributed by atoms with Crippen molar-refractivity contribution in [3.63, 3.8) is 0 Å². The molecular formula is C37H65NO7. The highest BCUT2D eigenvalue weighted by atomic mass is 16.6. The molecule has 0 saturated carbocycles. The fourth-order valence-corrected chi connectivity index (χ4v) is 8.66. The lowest BCUT2D eigenvalue weighted by Gasteiger charge is -2.38. The molecule has 8 heteroatoms. The Morgan fingerprint density at radius 3 is 2.18 bits per heavy atom. The van der Waals surface area contributed by atoms with Crippen molar-refractivity contribution >= 4 is 11.9 Å². The number of carbonyl (C=O) groups excluding carboxylic acids is 2. The lowest BCUT2D eigenvalue weighted by atomic mass is 9.81. The van der Waals surface area contributed by atoms with Gasteiger partial charge >= 0.3 is 11.9 Å². The first-order valence-electron chi connectivity index (χ1n) is 18.6. The molecule has 4 heterocycles. The molecule has 260 valence electrons. The van der Waals surface area contributed by atoms with Crippen molar-refractivity contribution in [2.45, 2.75) is 186 Å². The van der Waals surface area contributed by atoms with Gasteiger partial charge in [0.15, 0.2) is 0 Å². The molecule has 0 aromatic carbocycles. The number of ether oxygens (including phenoxy) is 5. The number of hydrogen-bond acceptors (Lipinski definition) is 8. The molecule has 4 rings (SSSR count). The summed E-state index contributed by atoms with van der Waals surface area (Å²) >= 11 is 0. The van der Waals surface area contributed by atoms with Gasteiger partial charge in [-0.05, 0) is 91.6 Å². The van der Waals surface area contributed by atoms with Crippen molar-refractivity contribution in [1.82, 2.24) is 4.90 Å². The molecule has 0 amide bonds. The standard InChI is InChI=1S/C37H65NO7/c1-9-13-25(38(7)8)21-27-16-18-33(42-27)29(11-3)35-23(5)31-19-20-34(44-31)30(12-4)37(40)43-26(14-10-2)22-28-15-17-32(41-28)24(6)36(39)45-35/h23-35H,9-22H2,1-8H3/t23-,24+,25+,26+,27-,28-,29+,30+,31-,32+,33+,34+,35+/m0/s1. The number of nitrogens with zero attached hydrogens (tertiary/aromatic N) is 1. The van der Waals surface area contributed by atoms with Crippen LogP contribution in [0, 0.1) is 23.7 Å². The fraction of sp³-hybridized carbons (Fsp3) is 0.946. The van der Waals surface area contributed by atoms with Crippen LogP contribution in [0.2, 0.25) is 0 Å². The number of fused-ring (bicyclic) bond motifs is 4. The van der Waals surface area contributed by atoms with Gasteiger partial charge in [-0.2, -0.15) is 0 Å². The molecule has 8 nitrogen and oxygen atoms in total.